The molecule has 12 heavy (non-hydrogen) atoms. The van der Waals surface area contributed by atoms with Crippen molar-refractivity contribution >= 4 is 0 Å². The minimum Gasteiger partial charge on any atom is -0.388 e. The number of allylic oxidation sites excluding steroid dienone is 1. The first-order valence-corrected chi connectivity index (χ1v) is 4.22. The Hall–Kier alpha value is -1.08. The van der Waals surface area contributed by atoms with Crippen LogP contribution < -0.4 is 0 Å². The average Bonchev–Trinajstić information content (AvgIpc) is 2.44. The van der Waals surface area contributed by atoms with E-state index in [0.717, 1.165) is 12.0 Å². The first kappa shape index (κ1) is 7.56. The van der Waals surface area contributed by atoms with E-state index in [1.165, 1.54) is 5.56 Å². The Bertz CT molecular complexity index is 304. The summed E-state index contributed by atoms with van der Waals surface area (Å²) in [6.07, 6.45) is 2.42. The Morgan fingerprint density at radius 1 is 1.33 bits per heavy atom. The number of hydrogen-bond donors (Lipinski definition) is 1. The van der Waals surface area contributed by atoms with Crippen molar-refractivity contribution in [1.82, 2.24) is 0 Å². The maximum absolute atomic E-state index is 9.64. The van der Waals surface area contributed by atoms with Crippen LogP contribution in [0.1, 0.15) is 29.6 Å². The average molecular weight is 160 g/mol. The van der Waals surface area contributed by atoms with E-state index in [-0.39, 0.29) is 6.10 Å². The molecule has 1 N–H and O–H groups in total. The molecule has 1 aliphatic rings. The van der Waals surface area contributed by atoms with E-state index in [1.807, 2.05) is 24.3 Å². The van der Waals surface area contributed by atoms with E-state index in [0.29, 0.717) is 5.92 Å². The number of fused-ring (bicyclic) bond motifs is 1. The summed E-state index contributed by atoms with van der Waals surface area (Å²) in [5.74, 6) is 0.344. The molecule has 0 spiro atoms. The molecule has 1 heteroatoms. The summed E-state index contributed by atoms with van der Waals surface area (Å²) in [6, 6.07) is 8.03. The van der Waals surface area contributed by atoms with Crippen LogP contribution in [0.15, 0.2) is 36.9 Å². The van der Waals surface area contributed by atoms with Gasteiger partial charge in [0.15, 0.2) is 0 Å². The SMILES string of the molecule is C=CC1C[C@@H](O)c2ccccc21. The largest absolute Gasteiger partial charge is 0.388 e. The Morgan fingerprint density at radius 3 is 2.67 bits per heavy atom. The minimum absolute atomic E-state index is 0.288. The van der Waals surface area contributed by atoms with E-state index in [2.05, 4.69) is 12.6 Å². The third kappa shape index (κ3) is 0.978. The minimum atomic E-state index is -0.288. The molecule has 1 unspecified atom stereocenters. The molecule has 0 amide bonds. The van der Waals surface area contributed by atoms with Crippen LogP contribution in [-0.4, -0.2) is 5.11 Å². The van der Waals surface area contributed by atoms with Gasteiger partial charge < -0.3 is 5.11 Å². The molecule has 0 saturated heterocycles. The summed E-state index contributed by atoms with van der Waals surface area (Å²) in [4.78, 5) is 0. The van der Waals surface area contributed by atoms with Gasteiger partial charge in [-0.05, 0) is 17.5 Å². The van der Waals surface area contributed by atoms with Crippen LogP contribution >= 0.6 is 0 Å². The van der Waals surface area contributed by atoms with E-state index in [9.17, 15) is 5.11 Å². The molecule has 2 atom stereocenters. The lowest BCUT2D eigenvalue weighted by atomic mass is 10.0. The summed E-state index contributed by atoms with van der Waals surface area (Å²) >= 11 is 0. The molecule has 0 radical (unpaired) electrons. The van der Waals surface area contributed by atoms with E-state index in [4.69, 9.17) is 0 Å². The van der Waals surface area contributed by atoms with Gasteiger partial charge in [0.2, 0.25) is 0 Å². The molecule has 0 aliphatic heterocycles. The van der Waals surface area contributed by atoms with Gasteiger partial charge in [-0.3, -0.25) is 0 Å². The number of hydrogen-bond acceptors (Lipinski definition) is 1. The number of aliphatic hydroxyl groups is 1. The Morgan fingerprint density at radius 2 is 2.00 bits per heavy atom. The van der Waals surface area contributed by atoms with Crippen molar-refractivity contribution in [3.05, 3.63) is 48.0 Å². The highest BCUT2D eigenvalue weighted by atomic mass is 16.3. The number of rotatable bonds is 1. The second-order valence-corrected chi connectivity index (χ2v) is 3.22. The van der Waals surface area contributed by atoms with Gasteiger partial charge in [-0.15, -0.1) is 6.58 Å². The van der Waals surface area contributed by atoms with Crippen molar-refractivity contribution in [1.29, 1.82) is 0 Å². The van der Waals surface area contributed by atoms with Gasteiger partial charge in [0, 0.05) is 5.92 Å². The molecule has 1 nitrogen and oxygen atoms in total. The summed E-state index contributed by atoms with van der Waals surface area (Å²) in [7, 11) is 0. The lowest BCUT2D eigenvalue weighted by molar-refractivity contribution is 0.177. The second-order valence-electron chi connectivity index (χ2n) is 3.22. The molecule has 1 aromatic rings. The maximum atomic E-state index is 9.64. The van der Waals surface area contributed by atoms with E-state index < -0.39 is 0 Å². The zero-order valence-corrected chi connectivity index (χ0v) is 6.90. The normalized spacial score (nSPS) is 26.8. The van der Waals surface area contributed by atoms with Crippen molar-refractivity contribution in [3.8, 4) is 0 Å². The van der Waals surface area contributed by atoms with Crippen molar-refractivity contribution in [2.75, 3.05) is 0 Å². The van der Waals surface area contributed by atoms with Crippen molar-refractivity contribution in [3.63, 3.8) is 0 Å². The number of benzene rings is 1. The Balaban J connectivity index is 2.49. The molecule has 0 saturated carbocycles. The Labute approximate surface area is 72.4 Å². The van der Waals surface area contributed by atoms with Gasteiger partial charge in [-0.2, -0.15) is 0 Å². The van der Waals surface area contributed by atoms with E-state index >= 15 is 0 Å². The fraction of sp³-hybridized carbons (Fsp3) is 0.273. The molecule has 0 heterocycles. The zero-order valence-electron chi connectivity index (χ0n) is 6.90. The predicted molar refractivity (Wildman–Crippen MR) is 49.0 cm³/mol. The lowest BCUT2D eigenvalue weighted by Gasteiger charge is -2.02. The first-order valence-electron chi connectivity index (χ1n) is 4.22. The van der Waals surface area contributed by atoms with Crippen molar-refractivity contribution < 1.29 is 5.11 Å². The van der Waals surface area contributed by atoms with Crippen LogP contribution in [0, 0.1) is 0 Å². The molecular weight excluding hydrogens is 148 g/mol. The molecule has 0 fully saturated rings. The standard InChI is InChI=1S/C11H12O/c1-2-8-7-11(12)10-6-4-3-5-9(8)10/h2-6,8,11-12H,1,7H2/t8?,11-/m1/s1. The van der Waals surface area contributed by atoms with Crippen LogP contribution in [-0.2, 0) is 0 Å². The quantitative estimate of drug-likeness (QED) is 0.625. The van der Waals surface area contributed by atoms with Gasteiger partial charge >= 0.3 is 0 Å². The topological polar surface area (TPSA) is 20.2 Å². The molecule has 2 rings (SSSR count). The molecular formula is C11H12O. The number of aliphatic hydroxyl groups excluding tert-OH is 1. The summed E-state index contributed by atoms with van der Waals surface area (Å²) in [5, 5.41) is 9.64. The molecule has 0 bridgehead atoms. The van der Waals surface area contributed by atoms with E-state index in [1.54, 1.807) is 0 Å². The van der Waals surface area contributed by atoms with Crippen molar-refractivity contribution in [2.24, 2.45) is 0 Å². The van der Waals surface area contributed by atoms with Crippen molar-refractivity contribution in [2.45, 2.75) is 18.4 Å². The highest BCUT2D eigenvalue weighted by Gasteiger charge is 2.26. The highest BCUT2D eigenvalue weighted by Crippen LogP contribution is 2.40. The fourth-order valence-electron chi connectivity index (χ4n) is 1.87. The lowest BCUT2D eigenvalue weighted by Crippen LogP contribution is -1.88. The van der Waals surface area contributed by atoms with Crippen LogP contribution in [0.4, 0.5) is 0 Å². The first-order chi connectivity index (χ1) is 5.83. The smallest absolute Gasteiger partial charge is 0.0801 e. The van der Waals surface area contributed by atoms with Gasteiger partial charge in [0.05, 0.1) is 6.10 Å². The second kappa shape index (κ2) is 2.76. The molecule has 1 aromatic carbocycles. The zero-order chi connectivity index (χ0) is 8.55. The van der Waals surface area contributed by atoms with Crippen LogP contribution in [0.2, 0.25) is 0 Å². The summed E-state index contributed by atoms with van der Waals surface area (Å²) in [5.41, 5.74) is 2.31. The van der Waals surface area contributed by atoms with Crippen LogP contribution in [0.25, 0.3) is 0 Å². The Kier molecular flexibility index (Phi) is 1.74. The summed E-state index contributed by atoms with van der Waals surface area (Å²) < 4.78 is 0. The summed E-state index contributed by atoms with van der Waals surface area (Å²) in [6.45, 7) is 3.76. The fourth-order valence-corrected chi connectivity index (χ4v) is 1.87. The van der Waals surface area contributed by atoms with Gasteiger partial charge in [0.1, 0.15) is 0 Å². The van der Waals surface area contributed by atoms with Gasteiger partial charge in [-0.1, -0.05) is 30.3 Å². The molecule has 62 valence electrons. The van der Waals surface area contributed by atoms with Gasteiger partial charge in [-0.25, -0.2) is 0 Å². The predicted octanol–water partition coefficient (Wildman–Crippen LogP) is 2.39. The van der Waals surface area contributed by atoms with Crippen LogP contribution in [0.3, 0.4) is 0 Å². The third-order valence-electron chi connectivity index (χ3n) is 2.52. The third-order valence-corrected chi connectivity index (χ3v) is 2.52. The van der Waals surface area contributed by atoms with Gasteiger partial charge in [0.25, 0.3) is 0 Å². The maximum Gasteiger partial charge on any atom is 0.0801 e. The molecule has 1 aliphatic carbocycles. The van der Waals surface area contributed by atoms with Crippen LogP contribution in [0.5, 0.6) is 0 Å². The monoisotopic (exact) mass is 160 g/mol. The molecule has 0 aromatic heterocycles. The highest BCUT2D eigenvalue weighted by molar-refractivity contribution is 5.39.